The van der Waals surface area contributed by atoms with E-state index in [1.165, 1.54) is 4.90 Å². The number of amides is 3. The van der Waals surface area contributed by atoms with Crippen LogP contribution in [-0.2, 0) is 13.0 Å². The van der Waals surface area contributed by atoms with E-state index in [2.05, 4.69) is 20.8 Å². The molecule has 2 aromatic carbocycles. The number of hydrogen-bond donors (Lipinski definition) is 2. The average molecular weight is 414 g/mol. The van der Waals surface area contributed by atoms with Crippen molar-refractivity contribution < 1.29 is 14.1 Å². The first-order chi connectivity index (χ1) is 14.0. The normalized spacial score (nSPS) is 10.4. The standard InChI is InChI=1S/C20H20ClN5O3/c1-26(20(28)23-16-9-5-8-15(21)12-16)11-10-17-24-19(29-25-17)18(27)22-13-14-6-3-2-4-7-14/h2-9,12H,10-11,13H2,1H3,(H,22,27)(H,23,28). The summed E-state index contributed by atoms with van der Waals surface area (Å²) in [5, 5.41) is 9.81. The Kier molecular flexibility index (Phi) is 6.80. The average Bonchev–Trinajstić information content (AvgIpc) is 3.20. The molecule has 29 heavy (non-hydrogen) atoms. The Bertz CT molecular complexity index is 977. The molecule has 9 heteroatoms. The first kappa shape index (κ1) is 20.3. The Morgan fingerprint density at radius 2 is 1.93 bits per heavy atom. The van der Waals surface area contributed by atoms with Crippen LogP contribution in [0.25, 0.3) is 0 Å². The molecule has 0 unspecified atom stereocenters. The molecule has 3 aromatic rings. The number of carbonyl (C=O) groups excluding carboxylic acids is 2. The quantitative estimate of drug-likeness (QED) is 0.618. The molecule has 0 spiro atoms. The second-order valence-electron chi connectivity index (χ2n) is 6.30. The molecule has 1 heterocycles. The van der Waals surface area contributed by atoms with Crippen molar-refractivity contribution in [2.24, 2.45) is 0 Å². The first-order valence-electron chi connectivity index (χ1n) is 8.93. The molecule has 0 saturated heterocycles. The summed E-state index contributed by atoms with van der Waals surface area (Å²) < 4.78 is 5.01. The van der Waals surface area contributed by atoms with Crippen molar-refractivity contribution in [3.8, 4) is 0 Å². The molecule has 3 rings (SSSR count). The smallest absolute Gasteiger partial charge is 0.321 e. The summed E-state index contributed by atoms with van der Waals surface area (Å²) in [5.74, 6) is -0.209. The summed E-state index contributed by atoms with van der Waals surface area (Å²) in [7, 11) is 1.65. The van der Waals surface area contributed by atoms with Crippen molar-refractivity contribution in [2.45, 2.75) is 13.0 Å². The van der Waals surface area contributed by atoms with Gasteiger partial charge in [0.1, 0.15) is 0 Å². The molecule has 150 valence electrons. The van der Waals surface area contributed by atoms with Crippen LogP contribution in [0.2, 0.25) is 5.02 Å². The Morgan fingerprint density at radius 3 is 2.69 bits per heavy atom. The summed E-state index contributed by atoms with van der Waals surface area (Å²) in [5.41, 5.74) is 1.57. The Hall–Kier alpha value is -3.39. The number of halogens is 1. The number of carbonyl (C=O) groups is 2. The van der Waals surface area contributed by atoms with Gasteiger partial charge in [0.2, 0.25) is 0 Å². The van der Waals surface area contributed by atoms with Gasteiger partial charge in [0.15, 0.2) is 5.82 Å². The molecule has 0 fully saturated rings. The van der Waals surface area contributed by atoms with E-state index in [0.29, 0.717) is 36.0 Å². The molecule has 0 bridgehead atoms. The van der Waals surface area contributed by atoms with Gasteiger partial charge in [-0.25, -0.2) is 4.79 Å². The third-order valence-corrected chi connectivity index (χ3v) is 4.29. The second-order valence-corrected chi connectivity index (χ2v) is 6.73. The van der Waals surface area contributed by atoms with Crippen molar-refractivity contribution in [3.05, 3.63) is 76.9 Å². The minimum Gasteiger partial charge on any atom is -0.344 e. The highest BCUT2D eigenvalue weighted by atomic mass is 35.5. The third-order valence-electron chi connectivity index (χ3n) is 4.05. The molecule has 0 aliphatic rings. The van der Waals surface area contributed by atoms with Crippen LogP contribution in [0.5, 0.6) is 0 Å². The zero-order valence-corrected chi connectivity index (χ0v) is 16.5. The van der Waals surface area contributed by atoms with Gasteiger partial charge in [-0.1, -0.05) is 53.2 Å². The van der Waals surface area contributed by atoms with Gasteiger partial charge in [-0.2, -0.15) is 4.98 Å². The van der Waals surface area contributed by atoms with Crippen molar-refractivity contribution in [2.75, 3.05) is 18.9 Å². The lowest BCUT2D eigenvalue weighted by Crippen LogP contribution is -2.33. The highest BCUT2D eigenvalue weighted by Crippen LogP contribution is 2.15. The zero-order valence-electron chi connectivity index (χ0n) is 15.8. The fourth-order valence-corrected chi connectivity index (χ4v) is 2.65. The minimum atomic E-state index is -0.445. The van der Waals surface area contributed by atoms with Crippen LogP contribution in [-0.4, -0.2) is 40.6 Å². The van der Waals surface area contributed by atoms with Crippen molar-refractivity contribution in [1.82, 2.24) is 20.4 Å². The van der Waals surface area contributed by atoms with Gasteiger partial charge in [0, 0.05) is 37.3 Å². The largest absolute Gasteiger partial charge is 0.344 e. The van der Waals surface area contributed by atoms with E-state index < -0.39 is 5.91 Å². The van der Waals surface area contributed by atoms with E-state index in [-0.39, 0.29) is 11.9 Å². The maximum atomic E-state index is 12.2. The van der Waals surface area contributed by atoms with Crippen LogP contribution < -0.4 is 10.6 Å². The molecule has 8 nitrogen and oxygen atoms in total. The van der Waals surface area contributed by atoms with Crippen molar-refractivity contribution >= 4 is 29.2 Å². The molecule has 3 amide bonds. The highest BCUT2D eigenvalue weighted by Gasteiger charge is 2.16. The van der Waals surface area contributed by atoms with Crippen LogP contribution >= 0.6 is 11.6 Å². The molecular weight excluding hydrogens is 394 g/mol. The molecular formula is C20H20ClN5O3. The van der Waals surface area contributed by atoms with E-state index in [4.69, 9.17) is 16.1 Å². The fraction of sp³-hybridized carbons (Fsp3) is 0.200. The Morgan fingerprint density at radius 1 is 1.14 bits per heavy atom. The zero-order chi connectivity index (χ0) is 20.6. The lowest BCUT2D eigenvalue weighted by atomic mass is 10.2. The molecule has 0 atom stereocenters. The fourth-order valence-electron chi connectivity index (χ4n) is 2.46. The number of nitrogens with zero attached hydrogens (tertiary/aromatic N) is 3. The topological polar surface area (TPSA) is 100 Å². The Labute approximate surface area is 172 Å². The molecule has 2 N–H and O–H groups in total. The first-order valence-corrected chi connectivity index (χ1v) is 9.31. The van der Waals surface area contributed by atoms with Gasteiger partial charge in [0.05, 0.1) is 0 Å². The molecule has 0 aliphatic heterocycles. The van der Waals surface area contributed by atoms with E-state index in [9.17, 15) is 9.59 Å². The van der Waals surface area contributed by atoms with E-state index in [0.717, 1.165) is 5.56 Å². The number of rotatable bonds is 7. The van der Waals surface area contributed by atoms with E-state index in [1.807, 2.05) is 30.3 Å². The lowest BCUT2D eigenvalue weighted by molar-refractivity contribution is 0.0907. The second kappa shape index (κ2) is 9.70. The van der Waals surface area contributed by atoms with Crippen LogP contribution in [0.1, 0.15) is 22.1 Å². The van der Waals surface area contributed by atoms with Crippen LogP contribution in [0.4, 0.5) is 10.5 Å². The molecule has 0 saturated carbocycles. The maximum Gasteiger partial charge on any atom is 0.321 e. The molecule has 0 aliphatic carbocycles. The lowest BCUT2D eigenvalue weighted by Gasteiger charge is -2.17. The maximum absolute atomic E-state index is 12.2. The van der Waals surface area contributed by atoms with Gasteiger partial charge < -0.3 is 20.1 Å². The molecule has 0 radical (unpaired) electrons. The number of benzene rings is 2. The number of nitrogens with one attached hydrogen (secondary N) is 2. The van der Waals surface area contributed by atoms with Gasteiger partial charge in [0.25, 0.3) is 0 Å². The number of anilines is 1. The monoisotopic (exact) mass is 413 g/mol. The number of aromatic nitrogens is 2. The summed E-state index contributed by atoms with van der Waals surface area (Å²) >= 11 is 5.91. The van der Waals surface area contributed by atoms with Gasteiger partial charge in [-0.15, -0.1) is 0 Å². The summed E-state index contributed by atoms with van der Waals surface area (Å²) in [6.07, 6.45) is 0.342. The van der Waals surface area contributed by atoms with Gasteiger partial charge in [-0.3, -0.25) is 4.79 Å². The summed E-state index contributed by atoms with van der Waals surface area (Å²) in [6.45, 7) is 0.709. The third kappa shape index (κ3) is 6.05. The predicted molar refractivity (Wildman–Crippen MR) is 109 cm³/mol. The van der Waals surface area contributed by atoms with E-state index in [1.54, 1.807) is 31.3 Å². The Balaban J connectivity index is 1.46. The van der Waals surface area contributed by atoms with Gasteiger partial charge in [-0.05, 0) is 23.8 Å². The van der Waals surface area contributed by atoms with E-state index >= 15 is 0 Å². The predicted octanol–water partition coefficient (Wildman–Crippen LogP) is 3.36. The highest BCUT2D eigenvalue weighted by molar-refractivity contribution is 6.30. The summed E-state index contributed by atoms with van der Waals surface area (Å²) in [4.78, 5) is 29.9. The van der Waals surface area contributed by atoms with Crippen molar-refractivity contribution in [1.29, 1.82) is 0 Å². The van der Waals surface area contributed by atoms with Crippen LogP contribution in [0, 0.1) is 0 Å². The number of urea groups is 1. The number of hydrogen-bond acceptors (Lipinski definition) is 5. The molecule has 1 aromatic heterocycles. The van der Waals surface area contributed by atoms with Gasteiger partial charge >= 0.3 is 17.8 Å². The van der Waals surface area contributed by atoms with Crippen LogP contribution in [0.15, 0.2) is 59.1 Å². The van der Waals surface area contributed by atoms with Crippen LogP contribution in [0.3, 0.4) is 0 Å². The summed E-state index contributed by atoms with van der Waals surface area (Å²) in [6, 6.07) is 16.1. The van der Waals surface area contributed by atoms with Crippen molar-refractivity contribution in [3.63, 3.8) is 0 Å². The minimum absolute atomic E-state index is 0.109. The number of likely N-dealkylation sites (N-methyl/N-ethyl adjacent to an activating group) is 1. The SMILES string of the molecule is CN(CCc1noc(C(=O)NCc2ccccc2)n1)C(=O)Nc1cccc(Cl)c1.